The average molecular weight is 294 g/mol. The highest BCUT2D eigenvalue weighted by Crippen LogP contribution is 2.17. The summed E-state index contributed by atoms with van der Waals surface area (Å²) < 4.78 is 2.33. The second-order valence-corrected chi connectivity index (χ2v) is 5.31. The first-order valence-corrected chi connectivity index (χ1v) is 6.93. The summed E-state index contributed by atoms with van der Waals surface area (Å²) in [6, 6.07) is 0. The van der Waals surface area contributed by atoms with Crippen LogP contribution in [-0.2, 0) is 6.54 Å². The number of rotatable bonds is 4. The van der Waals surface area contributed by atoms with E-state index in [1.165, 1.54) is 10.6 Å². The first-order valence-electron chi connectivity index (χ1n) is 6.11. The van der Waals surface area contributed by atoms with E-state index < -0.39 is 11.7 Å². The third kappa shape index (κ3) is 2.32. The van der Waals surface area contributed by atoms with Gasteiger partial charge in [-0.15, -0.1) is 11.3 Å². The monoisotopic (exact) mass is 294 g/mol. The maximum absolute atomic E-state index is 12.2. The molecule has 0 spiro atoms. The van der Waals surface area contributed by atoms with Crippen molar-refractivity contribution in [2.45, 2.75) is 26.8 Å². The van der Waals surface area contributed by atoms with E-state index in [1.807, 2.05) is 13.0 Å². The minimum Gasteiger partial charge on any atom is -0.477 e. The molecule has 0 fully saturated rings. The number of aromatic nitrogens is 2. The lowest BCUT2D eigenvalue weighted by atomic mass is 10.3. The number of nitrogens with zero attached hydrogens (tertiary/aromatic N) is 2. The Morgan fingerprint density at radius 3 is 2.70 bits per heavy atom. The van der Waals surface area contributed by atoms with E-state index in [2.05, 4.69) is 0 Å². The summed E-state index contributed by atoms with van der Waals surface area (Å²) in [5, 5.41) is 8.98. The van der Waals surface area contributed by atoms with E-state index in [1.54, 1.807) is 13.0 Å². The lowest BCUT2D eigenvalue weighted by molar-refractivity contribution is 0.0701. The number of allylic oxidation sites excluding steroid dienone is 2. The Morgan fingerprint density at radius 1 is 1.40 bits per heavy atom. The standard InChI is InChI=1S/C13H14N2O4S/c1-3-4-5-6-14-10(16)8(2)11-15(13(14)19)7-9(20-11)12(17)18/h4-5,7H,3,6H2,1-2H3,(H,17,18). The highest BCUT2D eigenvalue weighted by Gasteiger charge is 2.16. The molecular formula is C13H14N2O4S. The summed E-state index contributed by atoms with van der Waals surface area (Å²) >= 11 is 0.929. The molecule has 1 N–H and O–H groups in total. The molecule has 106 valence electrons. The number of aromatic carboxylic acids is 1. The Labute approximate surface area is 118 Å². The van der Waals surface area contributed by atoms with Crippen molar-refractivity contribution in [3.63, 3.8) is 0 Å². The van der Waals surface area contributed by atoms with Crippen LogP contribution in [0.1, 0.15) is 28.6 Å². The van der Waals surface area contributed by atoms with E-state index in [-0.39, 0.29) is 17.0 Å². The summed E-state index contributed by atoms with van der Waals surface area (Å²) in [6.07, 6.45) is 5.70. The number of hydrogen-bond donors (Lipinski definition) is 1. The maximum atomic E-state index is 12.2. The molecule has 0 aromatic carbocycles. The van der Waals surface area contributed by atoms with E-state index in [9.17, 15) is 14.4 Å². The zero-order valence-corrected chi connectivity index (χ0v) is 11.9. The molecule has 7 heteroatoms. The minimum absolute atomic E-state index is 0.0338. The SMILES string of the molecule is CCC=CCn1c(=O)c(C)c2sc(C(=O)O)cn2c1=O. The van der Waals surface area contributed by atoms with E-state index in [4.69, 9.17) is 5.11 Å². The van der Waals surface area contributed by atoms with Gasteiger partial charge in [-0.05, 0) is 13.3 Å². The highest BCUT2D eigenvalue weighted by atomic mass is 32.1. The van der Waals surface area contributed by atoms with E-state index >= 15 is 0 Å². The lowest BCUT2D eigenvalue weighted by Gasteiger charge is -2.04. The molecule has 20 heavy (non-hydrogen) atoms. The zero-order valence-electron chi connectivity index (χ0n) is 11.1. The van der Waals surface area contributed by atoms with E-state index in [0.29, 0.717) is 10.4 Å². The smallest absolute Gasteiger partial charge is 0.347 e. The Bertz CT molecular complexity index is 810. The van der Waals surface area contributed by atoms with Crippen LogP contribution in [0.3, 0.4) is 0 Å². The second-order valence-electron chi connectivity index (χ2n) is 4.28. The molecule has 0 aliphatic carbocycles. The summed E-state index contributed by atoms with van der Waals surface area (Å²) in [5.41, 5.74) is -0.512. The molecular weight excluding hydrogens is 280 g/mol. The fourth-order valence-electron chi connectivity index (χ4n) is 1.87. The van der Waals surface area contributed by atoms with Crippen molar-refractivity contribution in [2.75, 3.05) is 0 Å². The number of thiazole rings is 1. The summed E-state index contributed by atoms with van der Waals surface area (Å²) in [5.74, 6) is -1.11. The normalized spacial score (nSPS) is 11.5. The maximum Gasteiger partial charge on any atom is 0.347 e. The van der Waals surface area contributed by atoms with Crippen molar-refractivity contribution in [3.8, 4) is 0 Å². The second kappa shape index (κ2) is 5.46. The van der Waals surface area contributed by atoms with Crippen LogP contribution in [0.4, 0.5) is 0 Å². The van der Waals surface area contributed by atoms with Gasteiger partial charge in [0, 0.05) is 18.3 Å². The summed E-state index contributed by atoms with van der Waals surface area (Å²) in [7, 11) is 0. The number of carbonyl (C=O) groups is 1. The van der Waals surface area contributed by atoms with Crippen LogP contribution in [0.2, 0.25) is 0 Å². The number of carboxylic acid groups (broad SMARTS) is 1. The van der Waals surface area contributed by atoms with Gasteiger partial charge in [0.25, 0.3) is 5.56 Å². The van der Waals surface area contributed by atoms with Crippen molar-refractivity contribution in [2.24, 2.45) is 0 Å². The van der Waals surface area contributed by atoms with Gasteiger partial charge in [0.1, 0.15) is 9.71 Å². The molecule has 0 radical (unpaired) electrons. The van der Waals surface area contributed by atoms with Crippen molar-refractivity contribution in [1.82, 2.24) is 8.97 Å². The quantitative estimate of drug-likeness (QED) is 0.866. The Morgan fingerprint density at radius 2 is 2.10 bits per heavy atom. The van der Waals surface area contributed by atoms with Gasteiger partial charge in [-0.25, -0.2) is 9.59 Å². The van der Waals surface area contributed by atoms with Gasteiger partial charge in [-0.3, -0.25) is 13.8 Å². The number of carboxylic acids is 1. The van der Waals surface area contributed by atoms with Crippen LogP contribution in [0.15, 0.2) is 27.9 Å². The van der Waals surface area contributed by atoms with Crippen molar-refractivity contribution < 1.29 is 9.90 Å². The Kier molecular flexibility index (Phi) is 3.89. The molecule has 0 saturated heterocycles. The van der Waals surface area contributed by atoms with Crippen LogP contribution in [0.25, 0.3) is 4.83 Å². The van der Waals surface area contributed by atoms with Gasteiger partial charge in [0.05, 0.1) is 0 Å². The number of aryl methyl sites for hydroxylation is 1. The zero-order chi connectivity index (χ0) is 14.9. The molecule has 0 aliphatic rings. The Balaban J connectivity index is 2.72. The van der Waals surface area contributed by atoms with Crippen LogP contribution in [0, 0.1) is 6.92 Å². The van der Waals surface area contributed by atoms with Crippen LogP contribution in [0.5, 0.6) is 0 Å². The predicted octanol–water partition coefficient (Wildman–Crippen LogP) is 1.50. The molecule has 0 atom stereocenters. The van der Waals surface area contributed by atoms with Gasteiger partial charge < -0.3 is 5.11 Å². The Hall–Kier alpha value is -2.15. The summed E-state index contributed by atoms with van der Waals surface area (Å²) in [6.45, 7) is 3.74. The first-order chi connectivity index (χ1) is 9.47. The topological polar surface area (TPSA) is 80.8 Å². The molecule has 0 saturated carbocycles. The van der Waals surface area contributed by atoms with Gasteiger partial charge in [-0.2, -0.15) is 0 Å². The summed E-state index contributed by atoms with van der Waals surface area (Å²) in [4.78, 5) is 35.8. The molecule has 0 amide bonds. The van der Waals surface area contributed by atoms with Gasteiger partial charge >= 0.3 is 11.7 Å². The van der Waals surface area contributed by atoms with Gasteiger partial charge in [-0.1, -0.05) is 19.1 Å². The molecule has 0 unspecified atom stereocenters. The lowest BCUT2D eigenvalue weighted by Crippen LogP contribution is -2.37. The molecule has 2 rings (SSSR count). The molecule has 2 heterocycles. The van der Waals surface area contributed by atoms with Gasteiger partial charge in [0.2, 0.25) is 0 Å². The molecule has 0 bridgehead atoms. The molecule has 2 aromatic heterocycles. The van der Waals surface area contributed by atoms with E-state index in [0.717, 1.165) is 22.3 Å². The fourth-order valence-corrected chi connectivity index (χ4v) is 2.80. The van der Waals surface area contributed by atoms with Crippen molar-refractivity contribution in [1.29, 1.82) is 0 Å². The number of hydrogen-bond acceptors (Lipinski definition) is 4. The minimum atomic E-state index is -1.11. The van der Waals surface area contributed by atoms with Crippen LogP contribution < -0.4 is 11.2 Å². The fraction of sp³-hybridized carbons (Fsp3) is 0.308. The van der Waals surface area contributed by atoms with Crippen LogP contribution >= 0.6 is 11.3 Å². The largest absolute Gasteiger partial charge is 0.477 e. The molecule has 0 aliphatic heterocycles. The highest BCUT2D eigenvalue weighted by molar-refractivity contribution is 7.19. The third-order valence-corrected chi connectivity index (χ3v) is 4.09. The predicted molar refractivity (Wildman–Crippen MR) is 76.9 cm³/mol. The third-order valence-electron chi connectivity index (χ3n) is 2.90. The first kappa shape index (κ1) is 14.3. The van der Waals surface area contributed by atoms with Gasteiger partial charge in [0.15, 0.2) is 0 Å². The van der Waals surface area contributed by atoms with Crippen LogP contribution in [-0.4, -0.2) is 20.0 Å². The average Bonchev–Trinajstić information content (AvgIpc) is 2.86. The molecule has 6 nitrogen and oxygen atoms in total. The molecule has 2 aromatic rings. The van der Waals surface area contributed by atoms with Crippen molar-refractivity contribution >= 4 is 22.1 Å². The number of fused-ring (bicyclic) bond motifs is 1. The van der Waals surface area contributed by atoms with Crippen molar-refractivity contribution in [3.05, 3.63) is 49.6 Å².